The molecule has 0 aromatic heterocycles. The molecule has 0 aliphatic heterocycles. The highest BCUT2D eigenvalue weighted by Crippen LogP contribution is 2.18. The lowest BCUT2D eigenvalue weighted by molar-refractivity contribution is -0.130. The summed E-state index contributed by atoms with van der Waals surface area (Å²) in [5.41, 5.74) is 6.59. The molecule has 0 unspecified atom stereocenters. The third-order valence-corrected chi connectivity index (χ3v) is 3.68. The van der Waals surface area contributed by atoms with E-state index in [0.717, 1.165) is 56.5 Å². The van der Waals surface area contributed by atoms with Gasteiger partial charge in [0.15, 0.2) is 0 Å². The molecule has 118 valence electrons. The van der Waals surface area contributed by atoms with Crippen LogP contribution in [0.25, 0.3) is 0 Å². The third-order valence-electron chi connectivity index (χ3n) is 3.68. The molecule has 0 radical (unpaired) electrons. The minimum atomic E-state index is 0.220. The molecule has 0 saturated carbocycles. The standard InChI is InChI=1S/C17H28N2O2/c1-19(17(20)11-5-3-4-8-13-18)14-12-15-9-6-7-10-16(15)21-2/h6-7,9-10H,3-5,8,11-14,18H2,1-2H3. The van der Waals surface area contributed by atoms with E-state index >= 15 is 0 Å². The van der Waals surface area contributed by atoms with Gasteiger partial charge in [0.2, 0.25) is 5.91 Å². The maximum absolute atomic E-state index is 12.0. The Bertz CT molecular complexity index is 421. The number of unbranched alkanes of at least 4 members (excludes halogenated alkanes) is 3. The van der Waals surface area contributed by atoms with Crippen molar-refractivity contribution in [1.82, 2.24) is 4.90 Å². The quantitative estimate of drug-likeness (QED) is 0.674. The van der Waals surface area contributed by atoms with Crippen LogP contribution in [0.5, 0.6) is 5.75 Å². The van der Waals surface area contributed by atoms with E-state index in [1.165, 1.54) is 0 Å². The highest BCUT2D eigenvalue weighted by atomic mass is 16.5. The first-order valence-electron chi connectivity index (χ1n) is 7.75. The van der Waals surface area contributed by atoms with Crippen molar-refractivity contribution in [3.8, 4) is 5.75 Å². The number of likely N-dealkylation sites (N-methyl/N-ethyl adjacent to an activating group) is 1. The second-order valence-electron chi connectivity index (χ2n) is 5.33. The molecule has 0 saturated heterocycles. The van der Waals surface area contributed by atoms with Crippen LogP contribution in [0, 0.1) is 0 Å². The van der Waals surface area contributed by atoms with Crippen LogP contribution in [0.4, 0.5) is 0 Å². The van der Waals surface area contributed by atoms with Gasteiger partial charge in [-0.1, -0.05) is 31.0 Å². The number of nitrogens with two attached hydrogens (primary N) is 1. The number of para-hydroxylation sites is 1. The lowest BCUT2D eigenvalue weighted by Gasteiger charge is -2.18. The number of amides is 1. The van der Waals surface area contributed by atoms with Crippen molar-refractivity contribution < 1.29 is 9.53 Å². The molecule has 0 fully saturated rings. The van der Waals surface area contributed by atoms with Gasteiger partial charge in [0.05, 0.1) is 7.11 Å². The summed E-state index contributed by atoms with van der Waals surface area (Å²) in [6.45, 7) is 1.47. The van der Waals surface area contributed by atoms with Crippen molar-refractivity contribution in [3.63, 3.8) is 0 Å². The number of benzene rings is 1. The first-order valence-corrected chi connectivity index (χ1v) is 7.75. The van der Waals surface area contributed by atoms with Gasteiger partial charge in [-0.15, -0.1) is 0 Å². The van der Waals surface area contributed by atoms with Crippen molar-refractivity contribution in [2.24, 2.45) is 5.73 Å². The van der Waals surface area contributed by atoms with Crippen LogP contribution in [0.3, 0.4) is 0 Å². The van der Waals surface area contributed by atoms with Crippen molar-refractivity contribution in [2.75, 3.05) is 27.2 Å². The van der Waals surface area contributed by atoms with E-state index in [0.29, 0.717) is 6.42 Å². The summed E-state index contributed by atoms with van der Waals surface area (Å²) in [6, 6.07) is 7.95. The molecule has 2 N–H and O–H groups in total. The predicted molar refractivity (Wildman–Crippen MR) is 86.5 cm³/mol. The van der Waals surface area contributed by atoms with Gasteiger partial charge >= 0.3 is 0 Å². The van der Waals surface area contributed by atoms with Gasteiger partial charge in [-0.2, -0.15) is 0 Å². The average molecular weight is 292 g/mol. The zero-order valence-corrected chi connectivity index (χ0v) is 13.3. The Labute approximate surface area is 128 Å². The average Bonchev–Trinajstić information content (AvgIpc) is 2.52. The zero-order chi connectivity index (χ0) is 15.5. The van der Waals surface area contributed by atoms with Gasteiger partial charge in [-0.3, -0.25) is 4.79 Å². The monoisotopic (exact) mass is 292 g/mol. The first kappa shape index (κ1) is 17.5. The van der Waals surface area contributed by atoms with Crippen LogP contribution in [0.2, 0.25) is 0 Å². The largest absolute Gasteiger partial charge is 0.496 e. The van der Waals surface area contributed by atoms with Gasteiger partial charge in [-0.05, 0) is 37.4 Å². The summed E-state index contributed by atoms with van der Waals surface area (Å²) in [7, 11) is 3.55. The van der Waals surface area contributed by atoms with Gasteiger partial charge in [0.25, 0.3) is 0 Å². The molecule has 21 heavy (non-hydrogen) atoms. The fourth-order valence-electron chi connectivity index (χ4n) is 2.29. The van der Waals surface area contributed by atoms with Crippen LogP contribution < -0.4 is 10.5 Å². The number of carbonyl (C=O) groups excluding carboxylic acids is 1. The summed E-state index contributed by atoms with van der Waals surface area (Å²) in [4.78, 5) is 13.8. The van der Waals surface area contributed by atoms with E-state index in [1.54, 1.807) is 7.11 Å². The van der Waals surface area contributed by atoms with Crippen LogP contribution >= 0.6 is 0 Å². The Morgan fingerprint density at radius 2 is 1.90 bits per heavy atom. The number of methoxy groups -OCH3 is 1. The van der Waals surface area contributed by atoms with E-state index in [1.807, 2.05) is 36.2 Å². The Balaban J connectivity index is 2.29. The van der Waals surface area contributed by atoms with E-state index in [2.05, 4.69) is 0 Å². The molecule has 0 heterocycles. The lowest BCUT2D eigenvalue weighted by Crippen LogP contribution is -2.28. The number of hydrogen-bond acceptors (Lipinski definition) is 3. The summed E-state index contributed by atoms with van der Waals surface area (Å²) in [5, 5.41) is 0. The smallest absolute Gasteiger partial charge is 0.222 e. The number of nitrogens with zero attached hydrogens (tertiary/aromatic N) is 1. The number of ether oxygens (including phenoxy) is 1. The van der Waals surface area contributed by atoms with Gasteiger partial charge in [-0.25, -0.2) is 0 Å². The molecule has 0 aliphatic rings. The summed E-state index contributed by atoms with van der Waals surface area (Å²) in [5.74, 6) is 1.11. The van der Waals surface area contributed by atoms with Crippen molar-refractivity contribution >= 4 is 5.91 Å². The minimum Gasteiger partial charge on any atom is -0.496 e. The molecular formula is C17H28N2O2. The second-order valence-corrected chi connectivity index (χ2v) is 5.33. The minimum absolute atomic E-state index is 0.220. The van der Waals surface area contributed by atoms with Crippen LogP contribution in [-0.4, -0.2) is 38.1 Å². The Morgan fingerprint density at radius 3 is 2.62 bits per heavy atom. The highest BCUT2D eigenvalue weighted by molar-refractivity contribution is 5.75. The summed E-state index contributed by atoms with van der Waals surface area (Å²) in [6.07, 6.45) is 5.67. The second kappa shape index (κ2) is 10.2. The molecule has 1 aromatic carbocycles. The number of carbonyl (C=O) groups is 1. The molecule has 0 bridgehead atoms. The molecule has 0 atom stereocenters. The number of hydrogen-bond donors (Lipinski definition) is 1. The first-order chi connectivity index (χ1) is 10.2. The zero-order valence-electron chi connectivity index (χ0n) is 13.3. The van der Waals surface area contributed by atoms with E-state index in [9.17, 15) is 4.79 Å². The summed E-state index contributed by atoms with van der Waals surface area (Å²) < 4.78 is 5.33. The molecule has 4 heteroatoms. The summed E-state index contributed by atoms with van der Waals surface area (Å²) >= 11 is 0. The Hall–Kier alpha value is -1.55. The van der Waals surface area contributed by atoms with E-state index in [4.69, 9.17) is 10.5 Å². The van der Waals surface area contributed by atoms with Crippen molar-refractivity contribution in [2.45, 2.75) is 38.5 Å². The third kappa shape index (κ3) is 6.63. The maximum Gasteiger partial charge on any atom is 0.222 e. The molecule has 0 spiro atoms. The molecule has 1 amide bonds. The van der Waals surface area contributed by atoms with Crippen LogP contribution in [-0.2, 0) is 11.2 Å². The predicted octanol–water partition coefficient (Wildman–Crippen LogP) is 2.61. The SMILES string of the molecule is COc1ccccc1CCN(C)C(=O)CCCCCCN. The van der Waals surface area contributed by atoms with E-state index in [-0.39, 0.29) is 5.91 Å². The van der Waals surface area contributed by atoms with E-state index < -0.39 is 0 Å². The normalized spacial score (nSPS) is 10.4. The fourth-order valence-corrected chi connectivity index (χ4v) is 2.29. The molecule has 1 rings (SSSR count). The highest BCUT2D eigenvalue weighted by Gasteiger charge is 2.09. The Morgan fingerprint density at radius 1 is 1.19 bits per heavy atom. The van der Waals surface area contributed by atoms with Crippen LogP contribution in [0.1, 0.15) is 37.7 Å². The van der Waals surface area contributed by atoms with Crippen molar-refractivity contribution in [1.29, 1.82) is 0 Å². The fraction of sp³-hybridized carbons (Fsp3) is 0.588. The van der Waals surface area contributed by atoms with Gasteiger partial charge in [0, 0.05) is 20.0 Å². The van der Waals surface area contributed by atoms with Crippen LogP contribution in [0.15, 0.2) is 24.3 Å². The molecular weight excluding hydrogens is 264 g/mol. The Kier molecular flexibility index (Phi) is 8.51. The topological polar surface area (TPSA) is 55.6 Å². The van der Waals surface area contributed by atoms with Crippen molar-refractivity contribution in [3.05, 3.63) is 29.8 Å². The number of rotatable bonds is 10. The van der Waals surface area contributed by atoms with Gasteiger partial charge < -0.3 is 15.4 Å². The molecule has 1 aromatic rings. The molecule has 4 nitrogen and oxygen atoms in total. The lowest BCUT2D eigenvalue weighted by atomic mass is 10.1. The van der Waals surface area contributed by atoms with Gasteiger partial charge in [0.1, 0.15) is 5.75 Å². The maximum atomic E-state index is 12.0. The molecule has 0 aliphatic carbocycles.